The topological polar surface area (TPSA) is 33.1 Å². The highest BCUT2D eigenvalue weighted by molar-refractivity contribution is 5.85. The van der Waals surface area contributed by atoms with Gasteiger partial charge in [-0.25, -0.2) is 4.98 Å². The van der Waals surface area contributed by atoms with Crippen LogP contribution in [0, 0.1) is 13.8 Å². The molecule has 3 aliphatic heterocycles. The average Bonchev–Trinajstić information content (AvgIpc) is 3.29. The summed E-state index contributed by atoms with van der Waals surface area (Å²) in [5, 5.41) is 3.61. The zero-order valence-corrected chi connectivity index (χ0v) is 22.7. The van der Waals surface area contributed by atoms with Crippen LogP contribution < -0.4 is 5.32 Å². The van der Waals surface area contributed by atoms with Crippen molar-refractivity contribution in [1.82, 2.24) is 19.8 Å². The van der Waals surface area contributed by atoms with Gasteiger partial charge in [-0.3, -0.25) is 4.90 Å². The van der Waals surface area contributed by atoms with E-state index in [1.165, 1.54) is 68.4 Å². The van der Waals surface area contributed by atoms with E-state index >= 15 is 0 Å². The third-order valence-corrected chi connectivity index (χ3v) is 9.07. The molecular formula is C29H40Cl2N4. The molecule has 1 aromatic heterocycles. The minimum absolute atomic E-state index is 0. The molecule has 2 aromatic carbocycles. The fourth-order valence-electron chi connectivity index (χ4n) is 7.29. The first-order valence-electron chi connectivity index (χ1n) is 13.1. The molecule has 4 nitrogen and oxygen atoms in total. The van der Waals surface area contributed by atoms with Gasteiger partial charge in [-0.15, -0.1) is 24.8 Å². The molecule has 2 bridgehead atoms. The van der Waals surface area contributed by atoms with Crippen molar-refractivity contribution in [2.45, 2.75) is 82.3 Å². The monoisotopic (exact) mass is 514 g/mol. The molecule has 0 amide bonds. The number of benzene rings is 2. The van der Waals surface area contributed by atoms with E-state index in [1.54, 1.807) is 5.56 Å². The third kappa shape index (κ3) is 4.87. The Bertz CT molecular complexity index is 1110. The van der Waals surface area contributed by atoms with Crippen molar-refractivity contribution in [3.8, 4) is 0 Å². The standard InChI is InChI=1S/C29H38N4.2ClH/c1-21-7-9-23(10-8-21)29(13-16-30-17-14-29)15-18-32-24-11-12-25(32)20-26(19-24)33-22(2)31-27-5-3-4-6-28(27)33;;/h3-10,24-26,30H,11-20H2,1-2H3;2*1H/t24-,25+,26?;;. The third-order valence-electron chi connectivity index (χ3n) is 9.07. The predicted molar refractivity (Wildman–Crippen MR) is 150 cm³/mol. The summed E-state index contributed by atoms with van der Waals surface area (Å²) in [6, 6.07) is 20.2. The molecule has 0 radical (unpaired) electrons. The number of para-hydroxylation sites is 2. The van der Waals surface area contributed by atoms with E-state index in [0.717, 1.165) is 30.7 Å². The molecule has 0 aliphatic carbocycles. The van der Waals surface area contributed by atoms with Crippen molar-refractivity contribution in [2.24, 2.45) is 0 Å². The number of nitrogens with zero attached hydrogens (tertiary/aromatic N) is 3. The van der Waals surface area contributed by atoms with Crippen LogP contribution in [0.3, 0.4) is 0 Å². The number of halogens is 2. The fourth-order valence-corrected chi connectivity index (χ4v) is 7.29. The highest BCUT2D eigenvalue weighted by Crippen LogP contribution is 2.44. The van der Waals surface area contributed by atoms with Gasteiger partial charge in [0.05, 0.1) is 11.0 Å². The number of piperidine rings is 2. The summed E-state index contributed by atoms with van der Waals surface area (Å²) in [5.41, 5.74) is 5.74. The van der Waals surface area contributed by atoms with Gasteiger partial charge in [0.2, 0.25) is 0 Å². The summed E-state index contributed by atoms with van der Waals surface area (Å²) in [6.45, 7) is 7.94. The summed E-state index contributed by atoms with van der Waals surface area (Å²) in [7, 11) is 0. The van der Waals surface area contributed by atoms with E-state index in [2.05, 4.69) is 77.2 Å². The lowest BCUT2D eigenvalue weighted by atomic mass is 9.70. The number of hydrogen-bond acceptors (Lipinski definition) is 3. The highest BCUT2D eigenvalue weighted by atomic mass is 35.5. The van der Waals surface area contributed by atoms with E-state index < -0.39 is 0 Å². The second-order valence-corrected chi connectivity index (χ2v) is 10.9. The van der Waals surface area contributed by atoms with E-state index in [-0.39, 0.29) is 24.8 Å². The van der Waals surface area contributed by atoms with Crippen molar-refractivity contribution < 1.29 is 0 Å². The second-order valence-electron chi connectivity index (χ2n) is 10.9. The molecule has 1 unspecified atom stereocenters. The van der Waals surface area contributed by atoms with Crippen LogP contribution in [0.25, 0.3) is 11.0 Å². The zero-order chi connectivity index (χ0) is 22.4. The molecule has 3 aliphatic rings. The van der Waals surface area contributed by atoms with Crippen LogP contribution in [0.1, 0.15) is 67.9 Å². The van der Waals surface area contributed by atoms with E-state index in [1.807, 2.05) is 0 Å². The summed E-state index contributed by atoms with van der Waals surface area (Å²) in [5.74, 6) is 1.18. The van der Waals surface area contributed by atoms with Gasteiger partial charge in [0.25, 0.3) is 0 Å². The molecule has 35 heavy (non-hydrogen) atoms. The molecule has 3 fully saturated rings. The van der Waals surface area contributed by atoms with Crippen LogP contribution in [0.5, 0.6) is 0 Å². The number of hydrogen-bond donors (Lipinski definition) is 1. The van der Waals surface area contributed by atoms with Gasteiger partial charge in [0.1, 0.15) is 5.82 Å². The molecule has 6 heteroatoms. The van der Waals surface area contributed by atoms with Crippen LogP contribution in [0.4, 0.5) is 0 Å². The molecule has 3 saturated heterocycles. The SMILES string of the molecule is Cc1ccc(C2(CCN3[C@@H]4CC[C@H]3CC(n3c(C)nc5ccccc53)C4)CCNCC2)cc1.Cl.Cl. The maximum atomic E-state index is 4.87. The Morgan fingerprint density at radius 2 is 1.54 bits per heavy atom. The quantitative estimate of drug-likeness (QED) is 0.428. The largest absolute Gasteiger partial charge is 0.325 e. The van der Waals surface area contributed by atoms with Crippen molar-refractivity contribution in [3.05, 3.63) is 65.5 Å². The summed E-state index contributed by atoms with van der Waals surface area (Å²) < 4.78 is 2.55. The molecule has 3 atom stereocenters. The molecular weight excluding hydrogens is 475 g/mol. The summed E-state index contributed by atoms with van der Waals surface area (Å²) >= 11 is 0. The maximum absolute atomic E-state index is 4.87. The maximum Gasteiger partial charge on any atom is 0.106 e. The Hall–Kier alpha value is -1.59. The number of aryl methyl sites for hydroxylation is 2. The van der Waals surface area contributed by atoms with Gasteiger partial charge in [0, 0.05) is 18.1 Å². The van der Waals surface area contributed by atoms with Crippen LogP contribution in [0.2, 0.25) is 0 Å². The predicted octanol–water partition coefficient (Wildman–Crippen LogP) is 6.38. The number of aromatic nitrogens is 2. The lowest BCUT2D eigenvalue weighted by Gasteiger charge is -2.44. The Morgan fingerprint density at radius 3 is 2.23 bits per heavy atom. The number of imidazole rings is 1. The second kappa shape index (κ2) is 10.8. The van der Waals surface area contributed by atoms with Crippen molar-refractivity contribution in [3.63, 3.8) is 0 Å². The molecule has 0 saturated carbocycles. The average molecular weight is 516 g/mol. The Balaban J connectivity index is 0.00000144. The Labute approximate surface area is 222 Å². The van der Waals surface area contributed by atoms with Crippen molar-refractivity contribution >= 4 is 35.8 Å². The van der Waals surface area contributed by atoms with Gasteiger partial charge < -0.3 is 9.88 Å². The van der Waals surface area contributed by atoms with Gasteiger partial charge in [-0.1, -0.05) is 42.0 Å². The first kappa shape index (κ1) is 26.5. The highest BCUT2D eigenvalue weighted by Gasteiger charge is 2.43. The van der Waals surface area contributed by atoms with E-state index in [0.29, 0.717) is 11.5 Å². The minimum atomic E-state index is 0. The fraction of sp³-hybridized carbons (Fsp3) is 0.552. The molecule has 3 aromatic rings. The number of nitrogens with one attached hydrogen (secondary N) is 1. The van der Waals surface area contributed by atoms with Gasteiger partial charge in [-0.05, 0) is 102 Å². The number of fused-ring (bicyclic) bond motifs is 3. The normalized spacial score (nSPS) is 25.7. The van der Waals surface area contributed by atoms with Crippen LogP contribution in [-0.4, -0.2) is 46.2 Å². The van der Waals surface area contributed by atoms with Crippen LogP contribution >= 0.6 is 24.8 Å². The Kier molecular flexibility index (Phi) is 8.17. The summed E-state index contributed by atoms with van der Waals surface area (Å²) in [4.78, 5) is 7.77. The van der Waals surface area contributed by atoms with Gasteiger partial charge in [-0.2, -0.15) is 0 Å². The van der Waals surface area contributed by atoms with E-state index in [4.69, 9.17) is 4.98 Å². The summed E-state index contributed by atoms with van der Waals surface area (Å²) in [6.07, 6.45) is 9.11. The molecule has 190 valence electrons. The van der Waals surface area contributed by atoms with Gasteiger partial charge >= 0.3 is 0 Å². The van der Waals surface area contributed by atoms with Crippen molar-refractivity contribution in [1.29, 1.82) is 0 Å². The molecule has 4 heterocycles. The lowest BCUT2D eigenvalue weighted by Crippen LogP contribution is -2.47. The first-order chi connectivity index (χ1) is 16.1. The van der Waals surface area contributed by atoms with E-state index in [9.17, 15) is 0 Å². The van der Waals surface area contributed by atoms with Crippen LogP contribution in [-0.2, 0) is 5.41 Å². The van der Waals surface area contributed by atoms with Crippen molar-refractivity contribution in [2.75, 3.05) is 19.6 Å². The van der Waals surface area contributed by atoms with Gasteiger partial charge in [0.15, 0.2) is 0 Å². The molecule has 6 rings (SSSR count). The lowest BCUT2D eigenvalue weighted by molar-refractivity contribution is 0.0929. The van der Waals surface area contributed by atoms with Crippen LogP contribution in [0.15, 0.2) is 48.5 Å². The Morgan fingerprint density at radius 1 is 0.886 bits per heavy atom. The zero-order valence-electron chi connectivity index (χ0n) is 21.1. The molecule has 0 spiro atoms. The molecule has 1 N–H and O–H groups in total. The minimum Gasteiger partial charge on any atom is -0.325 e. The first-order valence-corrected chi connectivity index (χ1v) is 13.1. The smallest absolute Gasteiger partial charge is 0.106 e. The number of rotatable bonds is 5.